The van der Waals surface area contributed by atoms with E-state index in [1.54, 1.807) is 21.0 Å². The second-order valence-corrected chi connectivity index (χ2v) is 5.05. The summed E-state index contributed by atoms with van der Waals surface area (Å²) in [4.78, 5) is 0. The minimum Gasteiger partial charge on any atom is -0.387 e. The van der Waals surface area contributed by atoms with E-state index in [-0.39, 0.29) is 13.8 Å². The Balaban J connectivity index is 0. The van der Waals surface area contributed by atoms with Crippen molar-refractivity contribution in [3.8, 4) is 0 Å². The molecular weight excluding hydrogens is 163 g/mol. The van der Waals surface area contributed by atoms with Crippen molar-refractivity contribution in [3.05, 3.63) is 0 Å². The van der Waals surface area contributed by atoms with Gasteiger partial charge >= 0.3 is 0 Å². The molecule has 0 rings (SSSR count). The lowest BCUT2D eigenvalue weighted by molar-refractivity contribution is -0.193. The van der Waals surface area contributed by atoms with Crippen LogP contribution >= 0.6 is 0 Å². The Kier molecular flexibility index (Phi) is 4.77. The lowest BCUT2D eigenvalue weighted by Gasteiger charge is -2.48. The minimum absolute atomic E-state index is 0. The molecule has 0 amide bonds. The predicted molar refractivity (Wildman–Crippen MR) is 56.9 cm³/mol. The maximum Gasteiger partial charge on any atom is 0.0978 e. The Hall–Kier alpha value is -0.0151. The first kappa shape index (κ1) is 15.5. The average Bonchev–Trinajstić information content (AvgIpc) is 1.81. The van der Waals surface area contributed by atoms with Gasteiger partial charge < -0.3 is 9.84 Å². The van der Waals surface area contributed by atoms with Gasteiger partial charge in [0.2, 0.25) is 0 Å². The van der Waals surface area contributed by atoms with Crippen molar-refractivity contribution in [1.82, 2.24) is 0 Å². The molecule has 0 aromatic rings. The third-order valence-corrected chi connectivity index (χ3v) is 3.01. The zero-order valence-electron chi connectivity index (χ0n) is 9.93. The molecule has 0 aliphatic heterocycles. The van der Waals surface area contributed by atoms with E-state index in [1.807, 2.05) is 6.92 Å². The van der Waals surface area contributed by atoms with Gasteiger partial charge in [0.15, 0.2) is 0 Å². The summed E-state index contributed by atoms with van der Waals surface area (Å²) >= 11 is 0. The fourth-order valence-electron chi connectivity index (χ4n) is 1.47. The van der Waals surface area contributed by atoms with Crippen LogP contribution in [0.5, 0.6) is 0 Å². The molecular formula is C10H22BO2. The zero-order chi connectivity index (χ0) is 10.2. The van der Waals surface area contributed by atoms with Crippen molar-refractivity contribution in [2.24, 2.45) is 5.41 Å². The first-order chi connectivity index (χ1) is 5.06. The molecule has 13 heavy (non-hydrogen) atoms. The van der Waals surface area contributed by atoms with Crippen LogP contribution in [0, 0.1) is 5.41 Å². The van der Waals surface area contributed by atoms with Crippen LogP contribution in [-0.4, -0.2) is 31.8 Å². The molecule has 1 atom stereocenters. The highest BCUT2D eigenvalue weighted by Crippen LogP contribution is 2.40. The highest BCUT2D eigenvalue weighted by Gasteiger charge is 2.48. The van der Waals surface area contributed by atoms with E-state index in [0.717, 1.165) is 0 Å². The molecule has 3 radical (unpaired) electrons. The van der Waals surface area contributed by atoms with Crippen molar-refractivity contribution in [1.29, 1.82) is 0 Å². The smallest absolute Gasteiger partial charge is 0.0978 e. The Morgan fingerprint density at radius 2 is 1.23 bits per heavy atom. The SMILES string of the molecule is COC(C)(C(C)(C)C)C(C)(C)O.[B]. The fraction of sp³-hybridized carbons (Fsp3) is 1.00. The van der Waals surface area contributed by atoms with Gasteiger partial charge in [0.25, 0.3) is 0 Å². The van der Waals surface area contributed by atoms with Gasteiger partial charge in [0.05, 0.1) is 11.2 Å². The van der Waals surface area contributed by atoms with Gasteiger partial charge in [-0.1, -0.05) is 20.8 Å². The molecule has 0 aromatic carbocycles. The van der Waals surface area contributed by atoms with Gasteiger partial charge in [-0.15, -0.1) is 0 Å². The molecule has 0 bridgehead atoms. The van der Waals surface area contributed by atoms with Crippen LogP contribution in [0.4, 0.5) is 0 Å². The number of rotatable bonds is 2. The molecule has 77 valence electrons. The second-order valence-electron chi connectivity index (χ2n) is 5.05. The summed E-state index contributed by atoms with van der Waals surface area (Å²) in [6, 6.07) is 0. The first-order valence-electron chi connectivity index (χ1n) is 4.34. The van der Waals surface area contributed by atoms with E-state index in [4.69, 9.17) is 4.74 Å². The predicted octanol–water partition coefficient (Wildman–Crippen LogP) is 1.83. The standard InChI is InChI=1S/C10H22O2.B/c1-8(2,3)10(6,12-7)9(4,5)11;/h11H,1-7H3;. The third kappa shape index (κ3) is 2.71. The summed E-state index contributed by atoms with van der Waals surface area (Å²) in [5.41, 5.74) is -1.44. The Morgan fingerprint density at radius 1 is 0.923 bits per heavy atom. The van der Waals surface area contributed by atoms with Crippen LogP contribution in [0.1, 0.15) is 41.5 Å². The number of hydrogen-bond acceptors (Lipinski definition) is 2. The summed E-state index contributed by atoms with van der Waals surface area (Å²) in [5, 5.41) is 9.95. The van der Waals surface area contributed by atoms with Gasteiger partial charge in [-0.25, -0.2) is 0 Å². The Bertz CT molecular complexity index is 139. The van der Waals surface area contributed by atoms with Gasteiger partial charge in [-0.2, -0.15) is 0 Å². The molecule has 0 saturated carbocycles. The topological polar surface area (TPSA) is 29.5 Å². The van der Waals surface area contributed by atoms with Crippen molar-refractivity contribution in [3.63, 3.8) is 0 Å². The van der Waals surface area contributed by atoms with Gasteiger partial charge in [-0.3, -0.25) is 0 Å². The van der Waals surface area contributed by atoms with Crippen molar-refractivity contribution in [2.75, 3.05) is 7.11 Å². The number of aliphatic hydroxyl groups is 1. The zero-order valence-corrected chi connectivity index (χ0v) is 9.93. The molecule has 1 N–H and O–H groups in total. The first-order valence-corrected chi connectivity index (χ1v) is 4.34. The highest BCUT2D eigenvalue weighted by molar-refractivity contribution is 5.75. The van der Waals surface area contributed by atoms with Crippen LogP contribution in [-0.2, 0) is 4.74 Å². The van der Waals surface area contributed by atoms with E-state index in [9.17, 15) is 5.11 Å². The molecule has 3 heteroatoms. The summed E-state index contributed by atoms with van der Waals surface area (Å²) < 4.78 is 5.42. The minimum atomic E-state index is -0.833. The number of hydrogen-bond donors (Lipinski definition) is 1. The third-order valence-electron chi connectivity index (χ3n) is 3.01. The van der Waals surface area contributed by atoms with Crippen LogP contribution in [0.15, 0.2) is 0 Å². The molecule has 0 aliphatic rings. The second kappa shape index (κ2) is 4.01. The van der Waals surface area contributed by atoms with Crippen molar-refractivity contribution >= 4 is 8.41 Å². The van der Waals surface area contributed by atoms with Gasteiger partial charge in [0.1, 0.15) is 0 Å². The number of ether oxygens (including phenoxy) is 1. The molecule has 0 aliphatic carbocycles. The van der Waals surface area contributed by atoms with Crippen LogP contribution in [0.25, 0.3) is 0 Å². The average molecular weight is 185 g/mol. The maximum absolute atomic E-state index is 9.95. The van der Waals surface area contributed by atoms with Crippen LogP contribution < -0.4 is 0 Å². The lowest BCUT2D eigenvalue weighted by atomic mass is 9.69. The van der Waals surface area contributed by atoms with E-state index in [0.29, 0.717) is 0 Å². The van der Waals surface area contributed by atoms with Crippen molar-refractivity contribution in [2.45, 2.75) is 52.7 Å². The molecule has 1 unspecified atom stereocenters. The van der Waals surface area contributed by atoms with Gasteiger partial charge in [0, 0.05) is 15.5 Å². The molecule has 0 aromatic heterocycles. The maximum atomic E-state index is 9.95. The normalized spacial score (nSPS) is 17.5. The Labute approximate surface area is 84.3 Å². The van der Waals surface area contributed by atoms with E-state index in [2.05, 4.69) is 20.8 Å². The fourth-order valence-corrected chi connectivity index (χ4v) is 1.47. The van der Waals surface area contributed by atoms with E-state index < -0.39 is 11.2 Å². The summed E-state index contributed by atoms with van der Waals surface area (Å²) in [5.74, 6) is 0. The molecule has 0 heterocycles. The lowest BCUT2D eigenvalue weighted by Crippen LogP contribution is -2.57. The summed E-state index contributed by atoms with van der Waals surface area (Å²) in [6.45, 7) is 11.7. The molecule has 2 nitrogen and oxygen atoms in total. The van der Waals surface area contributed by atoms with E-state index in [1.165, 1.54) is 0 Å². The molecule has 0 saturated heterocycles. The number of methoxy groups -OCH3 is 1. The molecule has 0 fully saturated rings. The van der Waals surface area contributed by atoms with Crippen molar-refractivity contribution < 1.29 is 9.84 Å². The molecule has 0 spiro atoms. The largest absolute Gasteiger partial charge is 0.387 e. The summed E-state index contributed by atoms with van der Waals surface area (Å²) in [6.07, 6.45) is 0. The van der Waals surface area contributed by atoms with E-state index >= 15 is 0 Å². The van der Waals surface area contributed by atoms with Crippen LogP contribution in [0.3, 0.4) is 0 Å². The summed E-state index contributed by atoms with van der Waals surface area (Å²) in [7, 11) is 1.64. The monoisotopic (exact) mass is 185 g/mol. The van der Waals surface area contributed by atoms with Gasteiger partial charge in [-0.05, 0) is 26.2 Å². The quantitative estimate of drug-likeness (QED) is 0.665. The van der Waals surface area contributed by atoms with Crippen LogP contribution in [0.2, 0.25) is 0 Å². The Morgan fingerprint density at radius 3 is 1.23 bits per heavy atom. The highest BCUT2D eigenvalue weighted by atomic mass is 16.5.